The number of anilines is 1. The van der Waals surface area contributed by atoms with E-state index in [9.17, 15) is 4.79 Å². The molecule has 5 heteroatoms. The minimum Gasteiger partial charge on any atom is -0.497 e. The molecule has 0 aliphatic rings. The third-order valence-corrected chi connectivity index (χ3v) is 3.90. The van der Waals surface area contributed by atoms with Crippen molar-refractivity contribution in [2.75, 3.05) is 19.4 Å². The Bertz CT molecular complexity index is 644. The van der Waals surface area contributed by atoms with Gasteiger partial charge in [-0.1, -0.05) is 17.8 Å². The first-order valence-electron chi connectivity index (χ1n) is 6.63. The van der Waals surface area contributed by atoms with Gasteiger partial charge in [-0.05, 0) is 43.3 Å². The van der Waals surface area contributed by atoms with Gasteiger partial charge in [0.25, 0.3) is 5.91 Å². The van der Waals surface area contributed by atoms with Crippen LogP contribution in [0, 0.1) is 0 Å². The first kappa shape index (κ1) is 15.3. The van der Waals surface area contributed by atoms with E-state index in [1.165, 1.54) is 11.8 Å². The smallest absolute Gasteiger partial charge is 0.252 e. The molecule has 0 aromatic heterocycles. The number of rotatable bonds is 5. The van der Waals surface area contributed by atoms with Crippen LogP contribution < -0.4 is 15.8 Å². The van der Waals surface area contributed by atoms with Crippen molar-refractivity contribution in [3.8, 4) is 5.75 Å². The molecule has 0 aliphatic carbocycles. The molecule has 0 radical (unpaired) electrons. The Kier molecular flexibility index (Phi) is 5.11. The highest BCUT2D eigenvalue weighted by atomic mass is 32.2. The van der Waals surface area contributed by atoms with E-state index < -0.39 is 0 Å². The summed E-state index contributed by atoms with van der Waals surface area (Å²) in [6.07, 6.45) is 0. The number of nitrogens with two attached hydrogens (primary N) is 1. The third-order valence-electron chi connectivity index (χ3n) is 2.86. The van der Waals surface area contributed by atoms with Gasteiger partial charge in [0.1, 0.15) is 5.75 Å². The summed E-state index contributed by atoms with van der Waals surface area (Å²) in [5, 5.41) is 2.81. The van der Waals surface area contributed by atoms with Crippen LogP contribution in [0.5, 0.6) is 5.75 Å². The molecule has 0 saturated heterocycles. The number of ether oxygens (including phenoxy) is 1. The molecule has 0 fully saturated rings. The van der Waals surface area contributed by atoms with E-state index >= 15 is 0 Å². The van der Waals surface area contributed by atoms with Gasteiger partial charge >= 0.3 is 0 Å². The summed E-state index contributed by atoms with van der Waals surface area (Å²) >= 11 is 1.49. The number of methoxy groups -OCH3 is 1. The number of hydrogen-bond acceptors (Lipinski definition) is 4. The second kappa shape index (κ2) is 7.04. The van der Waals surface area contributed by atoms with Crippen molar-refractivity contribution in [3.05, 3.63) is 48.0 Å². The van der Waals surface area contributed by atoms with Crippen molar-refractivity contribution in [1.82, 2.24) is 5.32 Å². The van der Waals surface area contributed by atoms with Gasteiger partial charge in [-0.15, -0.1) is 0 Å². The fourth-order valence-electron chi connectivity index (χ4n) is 1.86. The molecule has 0 heterocycles. The first-order valence-corrected chi connectivity index (χ1v) is 7.45. The second-order valence-corrected chi connectivity index (χ2v) is 5.51. The zero-order chi connectivity index (χ0) is 15.2. The number of carbonyl (C=O) groups is 1. The van der Waals surface area contributed by atoms with Gasteiger partial charge in [0, 0.05) is 22.0 Å². The van der Waals surface area contributed by atoms with Gasteiger partial charge in [0.15, 0.2) is 0 Å². The highest BCUT2D eigenvalue weighted by Crippen LogP contribution is 2.33. The van der Waals surface area contributed by atoms with Crippen LogP contribution in [0.2, 0.25) is 0 Å². The molecule has 0 bridgehead atoms. The highest BCUT2D eigenvalue weighted by Gasteiger charge is 2.12. The zero-order valence-corrected chi connectivity index (χ0v) is 12.9. The van der Waals surface area contributed by atoms with E-state index in [2.05, 4.69) is 5.32 Å². The predicted molar refractivity (Wildman–Crippen MR) is 86.0 cm³/mol. The summed E-state index contributed by atoms with van der Waals surface area (Å²) in [7, 11) is 1.63. The van der Waals surface area contributed by atoms with Gasteiger partial charge in [-0.3, -0.25) is 4.79 Å². The Morgan fingerprint density at radius 2 is 2.10 bits per heavy atom. The molecule has 3 N–H and O–H groups in total. The van der Waals surface area contributed by atoms with E-state index in [0.29, 0.717) is 17.8 Å². The molecular weight excluding hydrogens is 284 g/mol. The maximum absolute atomic E-state index is 12.1. The normalized spacial score (nSPS) is 10.2. The van der Waals surface area contributed by atoms with Crippen molar-refractivity contribution in [2.24, 2.45) is 0 Å². The lowest BCUT2D eigenvalue weighted by Crippen LogP contribution is -2.23. The largest absolute Gasteiger partial charge is 0.497 e. The summed E-state index contributed by atoms with van der Waals surface area (Å²) in [5.74, 6) is 0.686. The van der Waals surface area contributed by atoms with Crippen LogP contribution in [0.3, 0.4) is 0 Å². The average molecular weight is 302 g/mol. The predicted octanol–water partition coefficient (Wildman–Crippen LogP) is 3.18. The van der Waals surface area contributed by atoms with Crippen molar-refractivity contribution in [3.63, 3.8) is 0 Å². The van der Waals surface area contributed by atoms with Crippen LogP contribution in [-0.4, -0.2) is 19.6 Å². The second-order valence-electron chi connectivity index (χ2n) is 4.40. The molecule has 0 atom stereocenters. The number of amides is 1. The van der Waals surface area contributed by atoms with Gasteiger partial charge in [-0.25, -0.2) is 0 Å². The highest BCUT2D eigenvalue weighted by molar-refractivity contribution is 7.99. The molecule has 0 saturated carbocycles. The van der Waals surface area contributed by atoms with Crippen LogP contribution in [0.4, 0.5) is 5.69 Å². The average Bonchev–Trinajstić information content (AvgIpc) is 2.48. The van der Waals surface area contributed by atoms with Gasteiger partial charge < -0.3 is 15.8 Å². The molecule has 110 valence electrons. The van der Waals surface area contributed by atoms with Gasteiger partial charge in [0.2, 0.25) is 0 Å². The van der Waals surface area contributed by atoms with E-state index in [4.69, 9.17) is 10.5 Å². The van der Waals surface area contributed by atoms with E-state index in [1.807, 2.05) is 37.3 Å². The summed E-state index contributed by atoms with van der Waals surface area (Å²) in [4.78, 5) is 13.9. The van der Waals surface area contributed by atoms with Crippen molar-refractivity contribution in [1.29, 1.82) is 0 Å². The Labute approximate surface area is 128 Å². The lowest BCUT2D eigenvalue weighted by atomic mass is 10.2. The number of nitrogen functional groups attached to an aromatic ring is 1. The molecule has 21 heavy (non-hydrogen) atoms. The topological polar surface area (TPSA) is 64.4 Å². The molecule has 0 aliphatic heterocycles. The van der Waals surface area contributed by atoms with E-state index in [0.717, 1.165) is 15.5 Å². The minimum atomic E-state index is -0.0945. The number of nitrogens with one attached hydrogen (secondary N) is 1. The Morgan fingerprint density at radius 1 is 1.29 bits per heavy atom. The molecule has 2 aromatic carbocycles. The number of benzene rings is 2. The van der Waals surface area contributed by atoms with Crippen LogP contribution in [0.25, 0.3) is 0 Å². The summed E-state index contributed by atoms with van der Waals surface area (Å²) in [6, 6.07) is 13.0. The monoisotopic (exact) mass is 302 g/mol. The Morgan fingerprint density at radius 3 is 2.81 bits per heavy atom. The number of carbonyl (C=O) groups excluding carboxylic acids is 1. The SMILES string of the molecule is CCNC(=O)c1ccc(N)cc1Sc1cccc(OC)c1. The van der Waals surface area contributed by atoms with Crippen LogP contribution in [0.15, 0.2) is 52.3 Å². The zero-order valence-electron chi connectivity index (χ0n) is 12.1. The van der Waals surface area contributed by atoms with Crippen LogP contribution in [0.1, 0.15) is 17.3 Å². The molecule has 0 spiro atoms. The number of hydrogen-bond donors (Lipinski definition) is 2. The fourth-order valence-corrected chi connectivity index (χ4v) is 2.90. The molecule has 2 aromatic rings. The van der Waals surface area contributed by atoms with E-state index in [-0.39, 0.29) is 5.91 Å². The molecule has 0 unspecified atom stereocenters. The minimum absolute atomic E-state index is 0.0945. The molecular formula is C16H18N2O2S. The maximum Gasteiger partial charge on any atom is 0.252 e. The molecule has 2 rings (SSSR count). The standard InChI is InChI=1S/C16H18N2O2S/c1-3-18-16(19)14-8-7-11(17)9-15(14)21-13-6-4-5-12(10-13)20-2/h4-10H,3,17H2,1-2H3,(H,18,19). The van der Waals surface area contributed by atoms with Crippen LogP contribution in [-0.2, 0) is 0 Å². The van der Waals surface area contributed by atoms with Gasteiger partial charge in [-0.2, -0.15) is 0 Å². The Hall–Kier alpha value is -2.14. The van der Waals surface area contributed by atoms with Crippen molar-refractivity contribution >= 4 is 23.4 Å². The summed E-state index contributed by atoms with van der Waals surface area (Å²) < 4.78 is 5.22. The lowest BCUT2D eigenvalue weighted by Gasteiger charge is -2.10. The summed E-state index contributed by atoms with van der Waals surface area (Å²) in [5.41, 5.74) is 7.10. The maximum atomic E-state index is 12.1. The van der Waals surface area contributed by atoms with E-state index in [1.54, 1.807) is 19.2 Å². The summed E-state index contributed by atoms with van der Waals surface area (Å²) in [6.45, 7) is 2.48. The molecule has 4 nitrogen and oxygen atoms in total. The Balaban J connectivity index is 2.33. The van der Waals surface area contributed by atoms with Crippen LogP contribution >= 0.6 is 11.8 Å². The van der Waals surface area contributed by atoms with Crippen molar-refractivity contribution < 1.29 is 9.53 Å². The third kappa shape index (κ3) is 3.92. The quantitative estimate of drug-likeness (QED) is 0.833. The lowest BCUT2D eigenvalue weighted by molar-refractivity contribution is 0.0953. The van der Waals surface area contributed by atoms with Crippen molar-refractivity contribution in [2.45, 2.75) is 16.7 Å². The van der Waals surface area contributed by atoms with Gasteiger partial charge in [0.05, 0.1) is 12.7 Å². The first-order chi connectivity index (χ1) is 10.1. The fraction of sp³-hybridized carbons (Fsp3) is 0.188. The molecule has 1 amide bonds.